The SMILES string of the molecule is Cc1ccc2[nH]cc(CCC(=O)N3CCC[C@H]3c3nn[nH]n3)c2c1. The van der Waals surface area contributed by atoms with Crippen molar-refractivity contribution in [3.63, 3.8) is 0 Å². The molecule has 2 aromatic heterocycles. The molecule has 24 heavy (non-hydrogen) atoms. The van der Waals surface area contributed by atoms with E-state index in [9.17, 15) is 4.79 Å². The van der Waals surface area contributed by atoms with Gasteiger partial charge in [0.1, 0.15) is 0 Å². The first kappa shape index (κ1) is 14.9. The van der Waals surface area contributed by atoms with E-state index < -0.39 is 0 Å². The zero-order chi connectivity index (χ0) is 16.5. The number of nitrogens with one attached hydrogen (secondary N) is 2. The van der Waals surface area contributed by atoms with Crippen molar-refractivity contribution in [2.75, 3.05) is 6.54 Å². The third-order valence-electron chi connectivity index (χ3n) is 4.76. The number of aromatic nitrogens is 5. The topological polar surface area (TPSA) is 90.6 Å². The molecule has 1 fully saturated rings. The molecule has 1 aliphatic heterocycles. The molecule has 0 unspecified atom stereocenters. The normalized spacial score (nSPS) is 17.7. The van der Waals surface area contributed by atoms with Crippen molar-refractivity contribution >= 4 is 16.8 Å². The van der Waals surface area contributed by atoms with Crippen LogP contribution in [-0.2, 0) is 11.2 Å². The van der Waals surface area contributed by atoms with Crippen LogP contribution in [0.1, 0.15) is 42.3 Å². The number of hydrogen-bond donors (Lipinski definition) is 2. The predicted octanol–water partition coefficient (Wildman–Crippen LogP) is 2.29. The van der Waals surface area contributed by atoms with Gasteiger partial charge in [0.25, 0.3) is 0 Å². The molecule has 1 saturated heterocycles. The number of benzene rings is 1. The molecule has 1 amide bonds. The van der Waals surface area contributed by atoms with Crippen LogP contribution < -0.4 is 0 Å². The molecule has 1 aromatic carbocycles. The maximum absolute atomic E-state index is 12.7. The summed E-state index contributed by atoms with van der Waals surface area (Å²) in [6.07, 6.45) is 5.12. The molecular formula is C17H20N6O. The van der Waals surface area contributed by atoms with E-state index in [-0.39, 0.29) is 11.9 Å². The summed E-state index contributed by atoms with van der Waals surface area (Å²) in [5, 5.41) is 15.4. The molecule has 3 heterocycles. The van der Waals surface area contributed by atoms with E-state index in [2.05, 4.69) is 50.7 Å². The molecule has 124 valence electrons. The molecule has 0 aliphatic carbocycles. The van der Waals surface area contributed by atoms with Crippen LogP contribution in [0.25, 0.3) is 10.9 Å². The van der Waals surface area contributed by atoms with Crippen molar-refractivity contribution < 1.29 is 4.79 Å². The quantitative estimate of drug-likeness (QED) is 0.770. The minimum atomic E-state index is -0.0403. The number of aryl methyl sites for hydroxylation is 2. The van der Waals surface area contributed by atoms with E-state index in [0.717, 1.165) is 31.3 Å². The van der Waals surface area contributed by atoms with Gasteiger partial charge in [-0.1, -0.05) is 16.8 Å². The minimum Gasteiger partial charge on any atom is -0.361 e. The Morgan fingerprint density at radius 2 is 2.33 bits per heavy atom. The number of amides is 1. The standard InChI is InChI=1S/C17H20N6O/c1-11-4-6-14-13(9-11)12(10-18-14)5-7-16(24)23-8-2-3-15(23)17-19-21-22-20-17/h4,6,9-10,15,18H,2-3,5,7-8H2,1H3,(H,19,20,21,22)/t15-/m0/s1. The second kappa shape index (κ2) is 6.07. The number of nitrogens with zero attached hydrogens (tertiary/aromatic N) is 4. The van der Waals surface area contributed by atoms with Gasteiger partial charge in [-0.25, -0.2) is 0 Å². The third-order valence-corrected chi connectivity index (χ3v) is 4.76. The van der Waals surface area contributed by atoms with Crippen LogP contribution in [0, 0.1) is 6.92 Å². The maximum atomic E-state index is 12.7. The molecule has 1 aliphatic rings. The molecule has 1 atom stereocenters. The molecule has 7 heteroatoms. The van der Waals surface area contributed by atoms with E-state index in [1.165, 1.54) is 16.5 Å². The second-order valence-electron chi connectivity index (χ2n) is 6.38. The first-order valence-corrected chi connectivity index (χ1v) is 8.32. The van der Waals surface area contributed by atoms with Crippen molar-refractivity contribution in [3.05, 3.63) is 41.3 Å². The first-order chi connectivity index (χ1) is 11.7. The summed E-state index contributed by atoms with van der Waals surface area (Å²) in [5.41, 5.74) is 3.54. The molecule has 7 nitrogen and oxygen atoms in total. The molecule has 4 rings (SSSR count). The van der Waals surface area contributed by atoms with Crippen LogP contribution in [0.15, 0.2) is 24.4 Å². The molecule has 0 saturated carbocycles. The number of likely N-dealkylation sites (tertiary alicyclic amines) is 1. The van der Waals surface area contributed by atoms with Crippen molar-refractivity contribution in [1.82, 2.24) is 30.5 Å². The fourth-order valence-corrected chi connectivity index (χ4v) is 3.53. The fourth-order valence-electron chi connectivity index (χ4n) is 3.53. The Labute approximate surface area is 139 Å². The average molecular weight is 324 g/mol. The van der Waals surface area contributed by atoms with Gasteiger partial charge in [0.05, 0.1) is 6.04 Å². The molecule has 3 aromatic rings. The minimum absolute atomic E-state index is 0.0403. The highest BCUT2D eigenvalue weighted by Crippen LogP contribution is 2.30. The van der Waals surface area contributed by atoms with Crippen LogP contribution in [0.3, 0.4) is 0 Å². The number of carbonyl (C=O) groups is 1. The van der Waals surface area contributed by atoms with Crippen molar-refractivity contribution in [1.29, 1.82) is 0 Å². The summed E-state index contributed by atoms with van der Waals surface area (Å²) >= 11 is 0. The lowest BCUT2D eigenvalue weighted by Crippen LogP contribution is -2.31. The van der Waals surface area contributed by atoms with Gasteiger partial charge in [0.15, 0.2) is 5.82 Å². The number of rotatable bonds is 4. The van der Waals surface area contributed by atoms with E-state index in [1.807, 2.05) is 11.1 Å². The van der Waals surface area contributed by atoms with E-state index in [4.69, 9.17) is 0 Å². The Kier molecular flexibility index (Phi) is 3.76. The molecule has 0 spiro atoms. The second-order valence-corrected chi connectivity index (χ2v) is 6.38. The molecule has 2 N–H and O–H groups in total. The van der Waals surface area contributed by atoms with Gasteiger partial charge in [-0.15, -0.1) is 10.2 Å². The number of carbonyl (C=O) groups excluding carboxylic acids is 1. The Morgan fingerprint density at radius 3 is 3.17 bits per heavy atom. The van der Waals surface area contributed by atoms with Gasteiger partial charge in [0, 0.05) is 30.1 Å². The number of H-pyrrole nitrogens is 2. The van der Waals surface area contributed by atoms with Gasteiger partial charge in [-0.3, -0.25) is 4.79 Å². The number of fused-ring (bicyclic) bond motifs is 1. The number of tetrazole rings is 1. The zero-order valence-electron chi connectivity index (χ0n) is 13.6. The molecular weight excluding hydrogens is 304 g/mol. The van der Waals surface area contributed by atoms with Gasteiger partial charge >= 0.3 is 0 Å². The fraction of sp³-hybridized carbons (Fsp3) is 0.412. The summed E-state index contributed by atoms with van der Waals surface area (Å²) in [6.45, 7) is 2.85. The van der Waals surface area contributed by atoms with Crippen molar-refractivity contribution in [2.24, 2.45) is 0 Å². The zero-order valence-corrected chi connectivity index (χ0v) is 13.6. The van der Waals surface area contributed by atoms with Crippen LogP contribution >= 0.6 is 0 Å². The highest BCUT2D eigenvalue weighted by atomic mass is 16.2. The number of hydrogen-bond acceptors (Lipinski definition) is 4. The largest absolute Gasteiger partial charge is 0.361 e. The van der Waals surface area contributed by atoms with Crippen LogP contribution in [-0.4, -0.2) is 43.0 Å². The monoisotopic (exact) mass is 324 g/mol. The Bertz CT molecular complexity index is 853. The van der Waals surface area contributed by atoms with Crippen molar-refractivity contribution in [3.8, 4) is 0 Å². The highest BCUT2D eigenvalue weighted by Gasteiger charge is 2.32. The summed E-state index contributed by atoms with van der Waals surface area (Å²) in [6, 6.07) is 6.31. The maximum Gasteiger partial charge on any atom is 0.223 e. The smallest absolute Gasteiger partial charge is 0.223 e. The van der Waals surface area contributed by atoms with Crippen molar-refractivity contribution in [2.45, 2.75) is 38.6 Å². The van der Waals surface area contributed by atoms with Crippen LogP contribution in [0.5, 0.6) is 0 Å². The highest BCUT2D eigenvalue weighted by molar-refractivity contribution is 5.85. The van der Waals surface area contributed by atoms with Crippen LogP contribution in [0.2, 0.25) is 0 Å². The molecule has 0 radical (unpaired) electrons. The summed E-state index contributed by atoms with van der Waals surface area (Å²) in [4.78, 5) is 17.9. The Hall–Kier alpha value is -2.70. The first-order valence-electron chi connectivity index (χ1n) is 8.32. The van der Waals surface area contributed by atoms with Gasteiger partial charge in [-0.2, -0.15) is 5.21 Å². The van der Waals surface area contributed by atoms with E-state index >= 15 is 0 Å². The molecule has 0 bridgehead atoms. The Morgan fingerprint density at radius 1 is 1.42 bits per heavy atom. The lowest BCUT2D eigenvalue weighted by Gasteiger charge is -2.22. The lowest BCUT2D eigenvalue weighted by molar-refractivity contribution is -0.132. The van der Waals surface area contributed by atoms with Gasteiger partial charge in [0.2, 0.25) is 5.91 Å². The summed E-state index contributed by atoms with van der Waals surface area (Å²) in [5.74, 6) is 0.771. The third kappa shape index (κ3) is 2.66. The summed E-state index contributed by atoms with van der Waals surface area (Å²) in [7, 11) is 0. The predicted molar refractivity (Wildman–Crippen MR) is 89.2 cm³/mol. The lowest BCUT2D eigenvalue weighted by atomic mass is 10.1. The van der Waals surface area contributed by atoms with Crippen LogP contribution in [0.4, 0.5) is 0 Å². The summed E-state index contributed by atoms with van der Waals surface area (Å²) < 4.78 is 0. The van der Waals surface area contributed by atoms with Gasteiger partial charge in [-0.05, 0) is 43.9 Å². The Balaban J connectivity index is 1.47. The van der Waals surface area contributed by atoms with Gasteiger partial charge < -0.3 is 9.88 Å². The van der Waals surface area contributed by atoms with E-state index in [1.54, 1.807) is 0 Å². The average Bonchev–Trinajstić information content (AvgIpc) is 3.31. The van der Waals surface area contributed by atoms with E-state index in [0.29, 0.717) is 12.2 Å². The number of aromatic amines is 2.